The maximum absolute atomic E-state index is 14.7. The summed E-state index contributed by atoms with van der Waals surface area (Å²) in [5.74, 6) is 0.215. The van der Waals surface area contributed by atoms with Crippen molar-refractivity contribution in [1.29, 1.82) is 5.41 Å². The van der Waals surface area contributed by atoms with Crippen LogP contribution in [0.3, 0.4) is 0 Å². The van der Waals surface area contributed by atoms with Crippen LogP contribution in [-0.2, 0) is 16.6 Å². The molecular weight excluding hydrogens is 649 g/mol. The summed E-state index contributed by atoms with van der Waals surface area (Å²) in [6, 6.07) is 15.8. The Kier molecular flexibility index (Phi) is 10.6. The van der Waals surface area contributed by atoms with Crippen LogP contribution in [-0.4, -0.2) is 92.4 Å². The predicted octanol–water partition coefficient (Wildman–Crippen LogP) is 4.79. The quantitative estimate of drug-likeness (QED) is 0.213. The van der Waals surface area contributed by atoms with Crippen LogP contribution in [0.4, 0.5) is 15.9 Å². The molecule has 0 spiro atoms. The van der Waals surface area contributed by atoms with Crippen molar-refractivity contribution in [1.82, 2.24) is 29.5 Å². The Labute approximate surface area is 297 Å². The summed E-state index contributed by atoms with van der Waals surface area (Å²) < 4.78 is 21.9. The number of rotatable bonds is 11. The van der Waals surface area contributed by atoms with Gasteiger partial charge in [-0.3, -0.25) is 29.5 Å². The fraction of sp³-hybridized carbons (Fsp3) is 0.368. The first kappa shape index (κ1) is 35.4. The first-order valence-electron chi connectivity index (χ1n) is 17.3. The highest BCUT2D eigenvalue weighted by Gasteiger charge is 2.34. The van der Waals surface area contributed by atoms with E-state index in [9.17, 15) is 14.0 Å². The van der Waals surface area contributed by atoms with Gasteiger partial charge in [0.25, 0.3) is 0 Å². The minimum atomic E-state index is -0.585. The molecule has 2 aromatic carbocycles. The fourth-order valence-electron chi connectivity index (χ4n) is 6.54. The molecule has 1 atom stereocenters. The number of benzene rings is 2. The Balaban J connectivity index is 1.04. The smallest absolute Gasteiger partial charge is 0.237 e. The molecule has 2 amide bonds. The minimum absolute atomic E-state index is 0.0471. The van der Waals surface area contributed by atoms with E-state index < -0.39 is 5.82 Å². The highest BCUT2D eigenvalue weighted by Crippen LogP contribution is 2.28. The van der Waals surface area contributed by atoms with Gasteiger partial charge in [-0.15, -0.1) is 0 Å². The van der Waals surface area contributed by atoms with Gasteiger partial charge >= 0.3 is 0 Å². The topological polar surface area (TPSA) is 147 Å². The summed E-state index contributed by atoms with van der Waals surface area (Å²) >= 11 is 0. The van der Waals surface area contributed by atoms with Gasteiger partial charge in [-0.25, -0.2) is 14.4 Å². The molecule has 3 N–H and O–H groups in total. The molecule has 4 aromatic rings. The van der Waals surface area contributed by atoms with E-state index in [1.165, 1.54) is 17.7 Å². The van der Waals surface area contributed by atoms with Crippen LogP contribution in [0.1, 0.15) is 50.4 Å². The molecule has 0 unspecified atom stereocenters. The van der Waals surface area contributed by atoms with Gasteiger partial charge in [-0.05, 0) is 81.6 Å². The van der Waals surface area contributed by atoms with E-state index in [1.54, 1.807) is 34.1 Å². The lowest BCUT2D eigenvalue weighted by Crippen LogP contribution is -2.42. The Morgan fingerprint density at radius 3 is 2.51 bits per heavy atom. The van der Waals surface area contributed by atoms with Gasteiger partial charge in [0.1, 0.15) is 17.8 Å². The Hall–Kier alpha value is -5.43. The molecule has 2 aliphatic heterocycles. The van der Waals surface area contributed by atoms with Crippen molar-refractivity contribution in [3.05, 3.63) is 89.6 Å². The van der Waals surface area contributed by atoms with E-state index in [0.717, 1.165) is 17.5 Å². The third-order valence-electron chi connectivity index (χ3n) is 9.25. The van der Waals surface area contributed by atoms with Gasteiger partial charge in [-0.2, -0.15) is 5.10 Å². The lowest BCUT2D eigenvalue weighted by Gasteiger charge is -2.29. The van der Waals surface area contributed by atoms with E-state index in [4.69, 9.17) is 15.9 Å². The second-order valence-electron chi connectivity index (χ2n) is 13.2. The Bertz CT molecular complexity index is 1960. The maximum atomic E-state index is 14.7. The monoisotopic (exact) mass is 693 g/mol. The van der Waals surface area contributed by atoms with Crippen LogP contribution in [0.25, 0.3) is 17.0 Å². The van der Waals surface area contributed by atoms with Crippen LogP contribution >= 0.6 is 0 Å². The number of nitrogens with two attached hydrogens (primary N) is 1. The normalized spacial score (nSPS) is 16.3. The molecule has 2 aromatic heterocycles. The summed E-state index contributed by atoms with van der Waals surface area (Å²) in [6.07, 6.45) is 4.99. The number of likely N-dealkylation sites (tertiary alicyclic amines) is 1. The third kappa shape index (κ3) is 7.99. The van der Waals surface area contributed by atoms with Crippen LogP contribution < -0.4 is 15.4 Å². The van der Waals surface area contributed by atoms with Gasteiger partial charge in [0.05, 0.1) is 30.0 Å². The number of ether oxygens (including phenoxy) is 1. The number of pyridine rings is 1. The number of halogens is 1. The largest absolute Gasteiger partial charge is 0.488 e. The van der Waals surface area contributed by atoms with Crippen molar-refractivity contribution in [2.75, 3.05) is 49.9 Å². The maximum Gasteiger partial charge on any atom is 0.237 e. The summed E-state index contributed by atoms with van der Waals surface area (Å²) in [6.45, 7) is 8.38. The lowest BCUT2D eigenvalue weighted by atomic mass is 9.98. The SMILES string of the molecule is CCN(C(=O)[C@@H]1CCN(CC(=O)N2CC=C(c3ccc(-c4ncn(C)n4)cc3)CC2)C1)c1ccc(N)c(C(=N)c2ccc(OC(C)C)c(F)c2)n1. The molecule has 12 nitrogen and oxygen atoms in total. The van der Waals surface area contributed by atoms with Crippen LogP contribution in [0.2, 0.25) is 0 Å². The van der Waals surface area contributed by atoms with Gasteiger partial charge in [0.2, 0.25) is 11.8 Å². The Morgan fingerprint density at radius 2 is 1.86 bits per heavy atom. The van der Waals surface area contributed by atoms with Crippen LogP contribution in [0.5, 0.6) is 5.75 Å². The van der Waals surface area contributed by atoms with E-state index in [0.29, 0.717) is 56.4 Å². The average Bonchev–Trinajstić information content (AvgIpc) is 3.79. The number of nitrogens with one attached hydrogen (secondary N) is 1. The highest BCUT2D eigenvalue weighted by atomic mass is 19.1. The van der Waals surface area contributed by atoms with Gasteiger partial charge in [-0.1, -0.05) is 30.3 Å². The zero-order chi connectivity index (χ0) is 36.2. The molecule has 6 rings (SSSR count). The van der Waals surface area contributed by atoms with Crippen molar-refractivity contribution in [2.24, 2.45) is 13.0 Å². The molecule has 0 bridgehead atoms. The number of aromatic nitrogens is 4. The number of carbonyl (C=O) groups is 2. The molecule has 51 heavy (non-hydrogen) atoms. The molecule has 0 radical (unpaired) electrons. The van der Waals surface area contributed by atoms with Crippen molar-refractivity contribution < 1.29 is 18.7 Å². The van der Waals surface area contributed by atoms with Crippen LogP contribution in [0.15, 0.2) is 67.0 Å². The van der Waals surface area contributed by atoms with E-state index in [-0.39, 0.29) is 53.2 Å². The zero-order valence-corrected chi connectivity index (χ0v) is 29.5. The number of hydrogen-bond acceptors (Lipinski definition) is 9. The molecule has 4 heterocycles. The molecule has 266 valence electrons. The van der Waals surface area contributed by atoms with Crippen molar-refractivity contribution >= 4 is 34.6 Å². The third-order valence-corrected chi connectivity index (χ3v) is 9.25. The number of hydrogen-bond donors (Lipinski definition) is 2. The van der Waals surface area contributed by atoms with Crippen molar-refractivity contribution in [2.45, 2.75) is 39.7 Å². The lowest BCUT2D eigenvalue weighted by molar-refractivity contribution is -0.132. The second kappa shape index (κ2) is 15.2. The van der Waals surface area contributed by atoms with E-state index >= 15 is 0 Å². The predicted molar refractivity (Wildman–Crippen MR) is 195 cm³/mol. The molecular formula is C38H44FN9O3. The molecule has 0 saturated carbocycles. The minimum Gasteiger partial charge on any atom is -0.488 e. The highest BCUT2D eigenvalue weighted by molar-refractivity contribution is 6.13. The van der Waals surface area contributed by atoms with E-state index in [1.807, 2.05) is 49.8 Å². The molecule has 1 saturated heterocycles. The number of aryl methyl sites for hydroxylation is 1. The first-order chi connectivity index (χ1) is 24.5. The average molecular weight is 694 g/mol. The van der Waals surface area contributed by atoms with Gasteiger partial charge in [0, 0.05) is 44.4 Å². The second-order valence-corrected chi connectivity index (χ2v) is 13.2. The van der Waals surface area contributed by atoms with Crippen molar-refractivity contribution in [3.8, 4) is 17.1 Å². The summed E-state index contributed by atoms with van der Waals surface area (Å²) in [4.78, 5) is 41.5. The molecule has 0 aliphatic carbocycles. The number of carbonyl (C=O) groups excluding carboxylic acids is 2. The first-order valence-corrected chi connectivity index (χ1v) is 17.3. The molecule has 13 heteroatoms. The van der Waals surface area contributed by atoms with Gasteiger partial charge < -0.3 is 15.4 Å². The molecule has 2 aliphatic rings. The van der Waals surface area contributed by atoms with Gasteiger partial charge in [0.15, 0.2) is 17.4 Å². The number of nitrogens with zero attached hydrogens (tertiary/aromatic N) is 7. The zero-order valence-electron chi connectivity index (χ0n) is 29.5. The van der Waals surface area contributed by atoms with Crippen LogP contribution in [0, 0.1) is 17.1 Å². The summed E-state index contributed by atoms with van der Waals surface area (Å²) in [7, 11) is 1.84. The summed E-state index contributed by atoms with van der Waals surface area (Å²) in [5, 5.41) is 13.1. The number of anilines is 2. The fourth-order valence-corrected chi connectivity index (χ4v) is 6.54. The Morgan fingerprint density at radius 1 is 1.10 bits per heavy atom. The number of nitrogen functional groups attached to an aromatic ring is 1. The number of amides is 2. The standard InChI is InChI=1S/C38H44FN9O3/c1-5-48(33-13-11-31(40)36(43-33)35(41)28-10-12-32(30(39)20-28)51-24(2)3)38(50)29-14-17-46(21-29)22-34(49)47-18-15-26(16-19-47)25-6-8-27(9-7-25)37-42-23-45(4)44-37/h6-13,15,20,23-24,29,41H,5,14,16-19,21-22,40H2,1-4H3/t29-/m1/s1. The summed E-state index contributed by atoms with van der Waals surface area (Å²) in [5.41, 5.74) is 10.1. The van der Waals surface area contributed by atoms with Crippen molar-refractivity contribution in [3.63, 3.8) is 0 Å². The van der Waals surface area contributed by atoms with E-state index in [2.05, 4.69) is 33.3 Å². The molecule has 1 fully saturated rings.